The summed E-state index contributed by atoms with van der Waals surface area (Å²) in [5.74, 6) is 5.17. The molecular weight excluding hydrogens is 370 g/mol. The number of aliphatic carboxylic acids is 1. The van der Waals surface area contributed by atoms with Crippen LogP contribution in [0.1, 0.15) is 11.3 Å². The van der Waals surface area contributed by atoms with Crippen molar-refractivity contribution < 1.29 is 14.6 Å². The number of benzene rings is 2. The van der Waals surface area contributed by atoms with E-state index in [9.17, 15) is 9.90 Å². The van der Waals surface area contributed by atoms with Gasteiger partial charge in [-0.2, -0.15) is 0 Å². The standard InChI is InChI=1S/C19H12BrNO3/c20-15-7-5-14-6-9-16(21-18(14)11-15)8-4-13-2-1-3-17(10-13)24-12-19(22)23/h1-3,5-7,9-11H,12H2,(H,22,23)/p-1. The van der Waals surface area contributed by atoms with E-state index in [0.717, 1.165) is 15.4 Å². The first-order valence-corrected chi connectivity index (χ1v) is 7.90. The molecule has 1 heterocycles. The first-order chi connectivity index (χ1) is 11.6. The van der Waals surface area contributed by atoms with E-state index in [1.165, 1.54) is 0 Å². The molecule has 0 saturated heterocycles. The Bertz CT molecular complexity index is 973. The Morgan fingerprint density at radius 1 is 1.12 bits per heavy atom. The Morgan fingerprint density at radius 3 is 2.79 bits per heavy atom. The highest BCUT2D eigenvalue weighted by Gasteiger charge is 1.98. The molecule has 0 N–H and O–H groups in total. The Balaban J connectivity index is 1.84. The van der Waals surface area contributed by atoms with E-state index < -0.39 is 12.6 Å². The van der Waals surface area contributed by atoms with Gasteiger partial charge in [-0.15, -0.1) is 0 Å². The molecule has 1 aromatic heterocycles. The van der Waals surface area contributed by atoms with Crippen molar-refractivity contribution in [2.75, 3.05) is 6.61 Å². The van der Waals surface area contributed by atoms with Gasteiger partial charge in [0, 0.05) is 15.4 Å². The molecule has 0 saturated carbocycles. The van der Waals surface area contributed by atoms with Crippen molar-refractivity contribution in [3.05, 3.63) is 70.3 Å². The first kappa shape index (κ1) is 16.0. The van der Waals surface area contributed by atoms with Crippen molar-refractivity contribution >= 4 is 32.8 Å². The van der Waals surface area contributed by atoms with Crippen LogP contribution in [0.4, 0.5) is 0 Å². The molecule has 4 nitrogen and oxygen atoms in total. The summed E-state index contributed by atoms with van der Waals surface area (Å²) in [6.45, 7) is -0.488. The highest BCUT2D eigenvalue weighted by atomic mass is 79.9. The predicted molar refractivity (Wildman–Crippen MR) is 92.4 cm³/mol. The number of carbonyl (C=O) groups is 1. The largest absolute Gasteiger partial charge is 0.546 e. The quantitative estimate of drug-likeness (QED) is 0.655. The molecule has 0 spiro atoms. The summed E-state index contributed by atoms with van der Waals surface area (Å²) in [6, 6.07) is 16.6. The zero-order chi connectivity index (χ0) is 16.9. The second-order valence-electron chi connectivity index (χ2n) is 4.97. The summed E-state index contributed by atoms with van der Waals surface area (Å²) in [5, 5.41) is 11.5. The summed E-state index contributed by atoms with van der Waals surface area (Å²) >= 11 is 3.43. The minimum atomic E-state index is -1.27. The molecule has 5 heteroatoms. The third kappa shape index (κ3) is 4.12. The average Bonchev–Trinajstić information content (AvgIpc) is 2.58. The molecule has 0 atom stereocenters. The number of carboxylic acids is 1. The summed E-state index contributed by atoms with van der Waals surface area (Å²) in [7, 11) is 0. The molecule has 0 unspecified atom stereocenters. The van der Waals surface area contributed by atoms with Crippen molar-refractivity contribution in [1.82, 2.24) is 4.98 Å². The molecule has 0 bridgehead atoms. The third-order valence-corrected chi connectivity index (χ3v) is 3.67. The van der Waals surface area contributed by atoms with Crippen molar-refractivity contribution in [2.24, 2.45) is 0 Å². The van der Waals surface area contributed by atoms with Gasteiger partial charge in [0.2, 0.25) is 0 Å². The molecule has 0 aliphatic carbocycles. The fourth-order valence-electron chi connectivity index (χ4n) is 2.10. The van der Waals surface area contributed by atoms with Crippen molar-refractivity contribution in [2.45, 2.75) is 0 Å². The molecule has 2 aromatic carbocycles. The minimum absolute atomic E-state index is 0.432. The molecule has 0 amide bonds. The first-order valence-electron chi connectivity index (χ1n) is 7.11. The number of nitrogens with zero attached hydrogens (tertiary/aromatic N) is 1. The number of ether oxygens (including phenoxy) is 1. The van der Waals surface area contributed by atoms with E-state index >= 15 is 0 Å². The number of halogens is 1. The van der Waals surface area contributed by atoms with Crippen LogP contribution in [0.15, 0.2) is 59.1 Å². The van der Waals surface area contributed by atoms with Gasteiger partial charge >= 0.3 is 0 Å². The predicted octanol–water partition coefficient (Wildman–Crippen LogP) is 2.53. The number of rotatable bonds is 3. The SMILES string of the molecule is O=C([O-])COc1cccc(C#Cc2ccc3ccc(Br)cc3n2)c1. The number of carboxylic acid groups (broad SMARTS) is 1. The van der Waals surface area contributed by atoms with Gasteiger partial charge in [0.05, 0.1) is 11.5 Å². The zero-order valence-electron chi connectivity index (χ0n) is 12.5. The minimum Gasteiger partial charge on any atom is -0.546 e. The lowest BCUT2D eigenvalue weighted by atomic mass is 10.2. The third-order valence-electron chi connectivity index (χ3n) is 3.18. The summed E-state index contributed by atoms with van der Waals surface area (Å²) in [4.78, 5) is 14.9. The number of hydrogen-bond acceptors (Lipinski definition) is 4. The van der Waals surface area contributed by atoms with Gasteiger partial charge in [-0.25, -0.2) is 4.98 Å². The van der Waals surface area contributed by atoms with Crippen LogP contribution in [0.2, 0.25) is 0 Å². The van der Waals surface area contributed by atoms with E-state index in [1.54, 1.807) is 18.2 Å². The van der Waals surface area contributed by atoms with Crippen LogP contribution in [-0.2, 0) is 4.79 Å². The van der Waals surface area contributed by atoms with E-state index in [1.807, 2.05) is 36.4 Å². The van der Waals surface area contributed by atoms with Gasteiger partial charge in [0.1, 0.15) is 18.1 Å². The Labute approximate surface area is 147 Å². The number of fused-ring (bicyclic) bond motifs is 1. The van der Waals surface area contributed by atoms with Crippen LogP contribution in [0.3, 0.4) is 0 Å². The summed E-state index contributed by atoms with van der Waals surface area (Å²) in [6.07, 6.45) is 0. The van der Waals surface area contributed by atoms with Crippen molar-refractivity contribution in [3.8, 4) is 17.6 Å². The number of hydrogen-bond donors (Lipinski definition) is 0. The van der Waals surface area contributed by atoms with Gasteiger partial charge in [-0.3, -0.25) is 0 Å². The fourth-order valence-corrected chi connectivity index (χ4v) is 2.45. The maximum atomic E-state index is 10.4. The molecule has 0 radical (unpaired) electrons. The lowest BCUT2D eigenvalue weighted by Crippen LogP contribution is -2.28. The summed E-state index contributed by atoms with van der Waals surface area (Å²) in [5.41, 5.74) is 2.23. The molecular formula is C19H11BrNO3-. The van der Waals surface area contributed by atoms with Crippen LogP contribution in [0, 0.1) is 11.8 Å². The Morgan fingerprint density at radius 2 is 1.96 bits per heavy atom. The van der Waals surface area contributed by atoms with E-state index in [-0.39, 0.29) is 0 Å². The molecule has 118 valence electrons. The molecule has 0 fully saturated rings. The van der Waals surface area contributed by atoms with Crippen molar-refractivity contribution in [1.29, 1.82) is 0 Å². The van der Waals surface area contributed by atoms with Gasteiger partial charge in [0.25, 0.3) is 0 Å². The second kappa shape index (κ2) is 7.16. The van der Waals surface area contributed by atoms with Crippen LogP contribution in [0.25, 0.3) is 10.9 Å². The van der Waals surface area contributed by atoms with Crippen LogP contribution in [0.5, 0.6) is 5.75 Å². The molecule has 0 aliphatic rings. The normalized spacial score (nSPS) is 10.0. The number of carbonyl (C=O) groups excluding carboxylic acids is 1. The van der Waals surface area contributed by atoms with Gasteiger partial charge in [-0.05, 0) is 42.3 Å². The highest BCUT2D eigenvalue weighted by Crippen LogP contribution is 2.18. The van der Waals surface area contributed by atoms with Crippen LogP contribution in [-0.4, -0.2) is 17.6 Å². The average molecular weight is 381 g/mol. The lowest BCUT2D eigenvalue weighted by Gasteiger charge is -2.06. The van der Waals surface area contributed by atoms with Gasteiger partial charge < -0.3 is 14.6 Å². The van der Waals surface area contributed by atoms with Gasteiger partial charge in [0.15, 0.2) is 0 Å². The summed E-state index contributed by atoms with van der Waals surface area (Å²) < 4.78 is 6.04. The number of aromatic nitrogens is 1. The van der Waals surface area contributed by atoms with Gasteiger partial charge in [-0.1, -0.05) is 40.0 Å². The van der Waals surface area contributed by atoms with Crippen LogP contribution < -0.4 is 9.84 Å². The fraction of sp³-hybridized carbons (Fsp3) is 0.0526. The van der Waals surface area contributed by atoms with E-state index in [2.05, 4.69) is 32.8 Å². The second-order valence-corrected chi connectivity index (χ2v) is 5.89. The maximum Gasteiger partial charge on any atom is 0.128 e. The molecule has 0 aliphatic heterocycles. The molecule has 24 heavy (non-hydrogen) atoms. The topological polar surface area (TPSA) is 62.2 Å². The van der Waals surface area contributed by atoms with Crippen LogP contribution >= 0.6 is 15.9 Å². The van der Waals surface area contributed by atoms with E-state index in [0.29, 0.717) is 17.0 Å². The number of pyridine rings is 1. The smallest absolute Gasteiger partial charge is 0.128 e. The lowest BCUT2D eigenvalue weighted by molar-refractivity contribution is -0.307. The maximum absolute atomic E-state index is 10.4. The molecule has 3 aromatic rings. The van der Waals surface area contributed by atoms with Crippen molar-refractivity contribution in [3.63, 3.8) is 0 Å². The highest BCUT2D eigenvalue weighted by molar-refractivity contribution is 9.10. The Kier molecular flexibility index (Phi) is 4.78. The van der Waals surface area contributed by atoms with E-state index in [4.69, 9.17) is 4.74 Å². The molecule has 3 rings (SSSR count). The zero-order valence-corrected chi connectivity index (χ0v) is 14.0. The monoisotopic (exact) mass is 380 g/mol. The Hall–Kier alpha value is -2.84.